The molecule has 21 heavy (non-hydrogen) atoms. The summed E-state index contributed by atoms with van der Waals surface area (Å²) < 4.78 is 26.8. The van der Waals surface area contributed by atoms with Crippen LogP contribution in [0.1, 0.15) is 27.0 Å². The van der Waals surface area contributed by atoms with Gasteiger partial charge in [-0.15, -0.1) is 0 Å². The van der Waals surface area contributed by atoms with Gasteiger partial charge in [-0.3, -0.25) is 4.79 Å². The fourth-order valence-electron chi connectivity index (χ4n) is 1.90. The molecule has 0 heterocycles. The molecule has 3 N–H and O–H groups in total. The van der Waals surface area contributed by atoms with Crippen LogP contribution in [-0.2, 0) is 13.1 Å². The summed E-state index contributed by atoms with van der Waals surface area (Å²) in [6.45, 7) is 2.20. The monoisotopic (exact) mass is 290 g/mol. The number of amides is 1. The highest BCUT2D eigenvalue weighted by Gasteiger charge is 2.14. The SMILES string of the molecule is Cc1cc(C(=O)NCc2ccc(CN)cc2)c(F)cc1F. The Hall–Kier alpha value is -2.27. The van der Waals surface area contributed by atoms with Crippen LogP contribution >= 0.6 is 0 Å². The van der Waals surface area contributed by atoms with Crippen LogP contribution in [0.15, 0.2) is 36.4 Å². The van der Waals surface area contributed by atoms with E-state index in [-0.39, 0.29) is 17.7 Å². The van der Waals surface area contributed by atoms with Gasteiger partial charge >= 0.3 is 0 Å². The molecule has 5 heteroatoms. The Morgan fingerprint density at radius 1 is 1.10 bits per heavy atom. The molecule has 0 saturated carbocycles. The molecule has 0 unspecified atom stereocenters. The lowest BCUT2D eigenvalue weighted by atomic mass is 10.1. The highest BCUT2D eigenvalue weighted by atomic mass is 19.1. The number of carbonyl (C=O) groups excluding carboxylic acids is 1. The number of hydrogen-bond donors (Lipinski definition) is 2. The van der Waals surface area contributed by atoms with Crippen LogP contribution in [0.25, 0.3) is 0 Å². The van der Waals surface area contributed by atoms with Crippen molar-refractivity contribution in [3.8, 4) is 0 Å². The molecule has 0 aromatic heterocycles. The summed E-state index contributed by atoms with van der Waals surface area (Å²) in [5.41, 5.74) is 7.44. The Morgan fingerprint density at radius 2 is 1.71 bits per heavy atom. The molecule has 0 aliphatic carbocycles. The molecule has 2 aromatic carbocycles. The van der Waals surface area contributed by atoms with Gasteiger partial charge < -0.3 is 11.1 Å². The smallest absolute Gasteiger partial charge is 0.254 e. The molecule has 110 valence electrons. The fourth-order valence-corrected chi connectivity index (χ4v) is 1.90. The van der Waals surface area contributed by atoms with Crippen LogP contribution in [-0.4, -0.2) is 5.91 Å². The van der Waals surface area contributed by atoms with E-state index in [1.807, 2.05) is 24.3 Å². The maximum Gasteiger partial charge on any atom is 0.254 e. The zero-order valence-electron chi connectivity index (χ0n) is 11.6. The molecule has 1 amide bonds. The normalized spacial score (nSPS) is 10.5. The van der Waals surface area contributed by atoms with Gasteiger partial charge in [0.25, 0.3) is 5.91 Å². The molecular formula is C16H16F2N2O. The summed E-state index contributed by atoms with van der Waals surface area (Å²) in [5.74, 6) is -2.10. The molecule has 0 aliphatic rings. The van der Waals surface area contributed by atoms with Crippen LogP contribution in [0.3, 0.4) is 0 Å². The van der Waals surface area contributed by atoms with Gasteiger partial charge in [-0.25, -0.2) is 8.78 Å². The number of nitrogens with two attached hydrogens (primary N) is 1. The van der Waals surface area contributed by atoms with Crippen molar-refractivity contribution in [1.29, 1.82) is 0 Å². The molecular weight excluding hydrogens is 274 g/mol. The van der Waals surface area contributed by atoms with Gasteiger partial charge in [-0.1, -0.05) is 24.3 Å². The second-order valence-corrected chi connectivity index (χ2v) is 4.78. The van der Waals surface area contributed by atoms with Crippen LogP contribution in [0.5, 0.6) is 0 Å². The number of benzene rings is 2. The molecule has 0 spiro atoms. The standard InChI is InChI=1S/C16H16F2N2O/c1-10-6-13(15(18)7-14(10)17)16(21)20-9-12-4-2-11(8-19)3-5-12/h2-7H,8-9,19H2,1H3,(H,20,21). The summed E-state index contributed by atoms with van der Waals surface area (Å²) in [6, 6.07) is 9.34. The quantitative estimate of drug-likeness (QED) is 0.909. The van der Waals surface area contributed by atoms with Gasteiger partial charge in [0.15, 0.2) is 0 Å². The third-order valence-corrected chi connectivity index (χ3v) is 3.20. The minimum atomic E-state index is -0.867. The van der Waals surface area contributed by atoms with Gasteiger partial charge in [-0.05, 0) is 29.7 Å². The maximum atomic E-state index is 13.6. The molecule has 2 rings (SSSR count). The van der Waals surface area contributed by atoms with Crippen molar-refractivity contribution in [1.82, 2.24) is 5.32 Å². The third kappa shape index (κ3) is 3.64. The molecule has 2 aromatic rings. The number of halogens is 2. The van der Waals surface area contributed by atoms with E-state index in [1.165, 1.54) is 13.0 Å². The van der Waals surface area contributed by atoms with Crippen LogP contribution < -0.4 is 11.1 Å². The molecule has 0 fully saturated rings. The van der Waals surface area contributed by atoms with Crippen molar-refractivity contribution < 1.29 is 13.6 Å². The second-order valence-electron chi connectivity index (χ2n) is 4.78. The van der Waals surface area contributed by atoms with Crippen LogP contribution in [0, 0.1) is 18.6 Å². The predicted molar refractivity (Wildman–Crippen MR) is 76.6 cm³/mol. The Bertz CT molecular complexity index is 654. The Kier molecular flexibility index (Phi) is 4.65. The van der Waals surface area contributed by atoms with E-state index in [2.05, 4.69) is 5.32 Å². The Balaban J connectivity index is 2.06. The topological polar surface area (TPSA) is 55.1 Å². The van der Waals surface area contributed by atoms with E-state index in [4.69, 9.17) is 5.73 Å². The number of aryl methyl sites for hydroxylation is 1. The zero-order chi connectivity index (χ0) is 15.4. The first-order chi connectivity index (χ1) is 10.0. The first-order valence-corrected chi connectivity index (χ1v) is 6.53. The van der Waals surface area contributed by atoms with Crippen molar-refractivity contribution in [3.63, 3.8) is 0 Å². The Labute approximate surface area is 121 Å². The third-order valence-electron chi connectivity index (χ3n) is 3.20. The molecule has 3 nitrogen and oxygen atoms in total. The highest BCUT2D eigenvalue weighted by molar-refractivity contribution is 5.94. The van der Waals surface area contributed by atoms with E-state index in [0.29, 0.717) is 6.54 Å². The van der Waals surface area contributed by atoms with Crippen molar-refractivity contribution in [2.24, 2.45) is 5.73 Å². The van der Waals surface area contributed by atoms with Crippen LogP contribution in [0.4, 0.5) is 8.78 Å². The molecule has 0 aliphatic heterocycles. The summed E-state index contributed by atoms with van der Waals surface area (Å²) in [6.07, 6.45) is 0. The zero-order valence-corrected chi connectivity index (χ0v) is 11.6. The lowest BCUT2D eigenvalue weighted by Crippen LogP contribution is -2.24. The van der Waals surface area contributed by atoms with E-state index < -0.39 is 17.5 Å². The summed E-state index contributed by atoms with van der Waals surface area (Å²) in [4.78, 5) is 11.9. The minimum absolute atomic E-state index is 0.160. The first-order valence-electron chi connectivity index (χ1n) is 6.53. The van der Waals surface area contributed by atoms with Crippen LogP contribution in [0.2, 0.25) is 0 Å². The van der Waals surface area contributed by atoms with Gasteiger partial charge in [0.1, 0.15) is 11.6 Å². The fraction of sp³-hybridized carbons (Fsp3) is 0.188. The number of carbonyl (C=O) groups is 1. The lowest BCUT2D eigenvalue weighted by molar-refractivity contribution is 0.0946. The maximum absolute atomic E-state index is 13.6. The van der Waals surface area contributed by atoms with Gasteiger partial charge in [0.2, 0.25) is 0 Å². The molecule has 0 saturated heterocycles. The highest BCUT2D eigenvalue weighted by Crippen LogP contribution is 2.14. The average Bonchev–Trinajstić information content (AvgIpc) is 2.49. The predicted octanol–water partition coefficient (Wildman–Crippen LogP) is 2.66. The summed E-state index contributed by atoms with van der Waals surface area (Å²) in [5, 5.41) is 2.61. The van der Waals surface area contributed by atoms with Gasteiger partial charge in [-0.2, -0.15) is 0 Å². The first kappa shape index (κ1) is 15.1. The van der Waals surface area contributed by atoms with Crippen molar-refractivity contribution >= 4 is 5.91 Å². The summed E-state index contributed by atoms with van der Waals surface area (Å²) >= 11 is 0. The lowest BCUT2D eigenvalue weighted by Gasteiger charge is -2.08. The summed E-state index contributed by atoms with van der Waals surface area (Å²) in [7, 11) is 0. The second kappa shape index (κ2) is 6.45. The Morgan fingerprint density at radius 3 is 2.33 bits per heavy atom. The molecule has 0 radical (unpaired) electrons. The average molecular weight is 290 g/mol. The van der Waals surface area contributed by atoms with Crippen molar-refractivity contribution in [3.05, 3.63) is 70.3 Å². The van der Waals surface area contributed by atoms with E-state index >= 15 is 0 Å². The van der Waals surface area contributed by atoms with E-state index in [1.54, 1.807) is 0 Å². The van der Waals surface area contributed by atoms with Gasteiger partial charge in [0, 0.05) is 19.2 Å². The molecule has 0 atom stereocenters. The number of hydrogen-bond acceptors (Lipinski definition) is 2. The molecule has 0 bridgehead atoms. The van der Waals surface area contributed by atoms with E-state index in [0.717, 1.165) is 17.2 Å². The minimum Gasteiger partial charge on any atom is -0.348 e. The van der Waals surface area contributed by atoms with E-state index in [9.17, 15) is 13.6 Å². The largest absolute Gasteiger partial charge is 0.348 e. The number of nitrogens with one attached hydrogen (secondary N) is 1. The van der Waals surface area contributed by atoms with Crippen molar-refractivity contribution in [2.75, 3.05) is 0 Å². The van der Waals surface area contributed by atoms with Crippen molar-refractivity contribution in [2.45, 2.75) is 20.0 Å². The number of rotatable bonds is 4. The van der Waals surface area contributed by atoms with Gasteiger partial charge in [0.05, 0.1) is 5.56 Å².